The van der Waals surface area contributed by atoms with Gasteiger partial charge in [0, 0.05) is 21.0 Å². The van der Waals surface area contributed by atoms with Crippen molar-refractivity contribution in [3.8, 4) is 11.5 Å². The van der Waals surface area contributed by atoms with E-state index in [2.05, 4.69) is 50.5 Å². The highest BCUT2D eigenvalue weighted by Crippen LogP contribution is 2.63. The summed E-state index contributed by atoms with van der Waals surface area (Å²) in [5, 5.41) is 0. The molecule has 3 rings (SSSR count). The maximum Gasteiger partial charge on any atom is 0.165 e. The Labute approximate surface area is 155 Å². The highest BCUT2D eigenvalue weighted by molar-refractivity contribution is 9.10. The largest absolute Gasteiger partial charge is 0.493 e. The van der Waals surface area contributed by atoms with E-state index < -0.39 is 0 Å². The quantitative estimate of drug-likeness (QED) is 0.604. The van der Waals surface area contributed by atoms with Gasteiger partial charge in [0.05, 0.1) is 14.2 Å². The van der Waals surface area contributed by atoms with Gasteiger partial charge in [-0.05, 0) is 42.1 Å². The zero-order valence-corrected chi connectivity index (χ0v) is 17.8. The first kappa shape index (κ1) is 18.1. The van der Waals surface area contributed by atoms with Gasteiger partial charge in [-0.2, -0.15) is 0 Å². The van der Waals surface area contributed by atoms with E-state index in [4.69, 9.17) is 9.47 Å². The van der Waals surface area contributed by atoms with Crippen molar-refractivity contribution in [2.75, 3.05) is 14.2 Å². The van der Waals surface area contributed by atoms with Gasteiger partial charge in [0.15, 0.2) is 11.5 Å². The van der Waals surface area contributed by atoms with E-state index in [1.807, 2.05) is 0 Å². The Morgan fingerprint density at radius 1 is 1.04 bits per heavy atom. The van der Waals surface area contributed by atoms with Crippen molar-refractivity contribution in [1.29, 1.82) is 0 Å². The van der Waals surface area contributed by atoms with E-state index in [1.54, 1.807) is 14.2 Å². The van der Waals surface area contributed by atoms with Crippen LogP contribution in [0, 0.1) is 11.3 Å². The predicted octanol–water partition coefficient (Wildman–Crippen LogP) is 6.23. The van der Waals surface area contributed by atoms with Gasteiger partial charge in [0.2, 0.25) is 0 Å². The molecule has 0 radical (unpaired) electrons. The fourth-order valence-corrected chi connectivity index (χ4v) is 6.58. The van der Waals surface area contributed by atoms with E-state index in [9.17, 15) is 0 Å². The predicted molar refractivity (Wildman–Crippen MR) is 104 cm³/mol. The first-order valence-electron chi connectivity index (χ1n) is 9.15. The fraction of sp³-hybridized carbons (Fsp3) is 0.714. The number of halogens is 1. The molecule has 2 aliphatic carbocycles. The van der Waals surface area contributed by atoms with Crippen molar-refractivity contribution in [3.05, 3.63) is 21.2 Å². The standard InChI is InChI=1S/C21H31BrO2/c1-12(2)15-17(22)13-11-14-20(3,4)9-8-10-21(14,5)16(13)19(24-7)18(15)23-6/h12,14H,8-11H2,1-7H3. The van der Waals surface area contributed by atoms with Crippen LogP contribution in [0.25, 0.3) is 0 Å². The highest BCUT2D eigenvalue weighted by atomic mass is 79.9. The lowest BCUT2D eigenvalue weighted by Gasteiger charge is -2.48. The van der Waals surface area contributed by atoms with Gasteiger partial charge in [-0.15, -0.1) is 0 Å². The van der Waals surface area contributed by atoms with Crippen LogP contribution < -0.4 is 9.47 Å². The molecule has 1 saturated carbocycles. The van der Waals surface area contributed by atoms with Gasteiger partial charge >= 0.3 is 0 Å². The molecular weight excluding hydrogens is 364 g/mol. The van der Waals surface area contributed by atoms with Crippen LogP contribution in [0.4, 0.5) is 0 Å². The summed E-state index contributed by atoms with van der Waals surface area (Å²) < 4.78 is 13.1. The Hall–Kier alpha value is -0.700. The molecule has 2 unspecified atom stereocenters. The van der Waals surface area contributed by atoms with Gasteiger partial charge in [-0.25, -0.2) is 0 Å². The minimum Gasteiger partial charge on any atom is -0.493 e. The third-order valence-electron chi connectivity index (χ3n) is 6.68. The summed E-state index contributed by atoms with van der Waals surface area (Å²) in [6.45, 7) is 11.8. The molecule has 2 atom stereocenters. The summed E-state index contributed by atoms with van der Waals surface area (Å²) in [6, 6.07) is 0. The highest BCUT2D eigenvalue weighted by Gasteiger charge is 2.54. The molecule has 2 nitrogen and oxygen atoms in total. The van der Waals surface area contributed by atoms with E-state index in [-0.39, 0.29) is 5.41 Å². The Morgan fingerprint density at radius 2 is 1.67 bits per heavy atom. The molecule has 1 fully saturated rings. The van der Waals surface area contributed by atoms with Crippen LogP contribution in [-0.2, 0) is 11.8 Å². The van der Waals surface area contributed by atoms with Crippen LogP contribution >= 0.6 is 15.9 Å². The lowest BCUT2D eigenvalue weighted by Crippen LogP contribution is -2.42. The molecule has 0 N–H and O–H groups in total. The second kappa shape index (κ2) is 5.93. The monoisotopic (exact) mass is 394 g/mol. The van der Waals surface area contributed by atoms with Crippen LogP contribution in [-0.4, -0.2) is 14.2 Å². The number of hydrogen-bond donors (Lipinski definition) is 0. The van der Waals surface area contributed by atoms with Crippen molar-refractivity contribution in [2.24, 2.45) is 11.3 Å². The van der Waals surface area contributed by atoms with Gasteiger partial charge in [-0.3, -0.25) is 0 Å². The molecule has 0 amide bonds. The topological polar surface area (TPSA) is 18.5 Å². The lowest BCUT2D eigenvalue weighted by molar-refractivity contribution is 0.0689. The summed E-state index contributed by atoms with van der Waals surface area (Å²) in [5.74, 6) is 2.94. The van der Waals surface area contributed by atoms with Crippen LogP contribution in [0.2, 0.25) is 0 Å². The smallest absolute Gasteiger partial charge is 0.165 e. The van der Waals surface area contributed by atoms with E-state index in [0.717, 1.165) is 17.9 Å². The molecule has 1 aromatic carbocycles. The Balaban J connectivity index is 2.33. The number of benzene rings is 1. The summed E-state index contributed by atoms with van der Waals surface area (Å²) in [6.07, 6.45) is 4.98. The van der Waals surface area contributed by atoms with E-state index in [0.29, 0.717) is 17.3 Å². The molecule has 0 spiro atoms. The Morgan fingerprint density at radius 3 is 2.21 bits per heavy atom. The summed E-state index contributed by atoms with van der Waals surface area (Å²) in [5.41, 5.74) is 4.64. The first-order chi connectivity index (χ1) is 11.2. The zero-order valence-electron chi connectivity index (χ0n) is 16.2. The first-order valence-corrected chi connectivity index (χ1v) is 9.95. The van der Waals surface area contributed by atoms with Crippen LogP contribution in [0.1, 0.15) is 76.5 Å². The minimum absolute atomic E-state index is 0.174. The molecule has 24 heavy (non-hydrogen) atoms. The molecule has 0 aliphatic heterocycles. The van der Waals surface area contributed by atoms with Crippen molar-refractivity contribution in [2.45, 2.75) is 71.6 Å². The van der Waals surface area contributed by atoms with Crippen LogP contribution in [0.3, 0.4) is 0 Å². The molecular formula is C21H31BrO2. The molecule has 0 aromatic heterocycles. The van der Waals surface area contributed by atoms with Gasteiger partial charge in [0.1, 0.15) is 0 Å². The van der Waals surface area contributed by atoms with Gasteiger partial charge in [0.25, 0.3) is 0 Å². The lowest BCUT2D eigenvalue weighted by atomic mass is 9.57. The number of fused-ring (bicyclic) bond motifs is 3. The Kier molecular flexibility index (Phi) is 4.47. The fourth-order valence-electron chi connectivity index (χ4n) is 5.58. The van der Waals surface area contributed by atoms with E-state index >= 15 is 0 Å². The second-order valence-corrected chi connectivity index (χ2v) is 9.61. The van der Waals surface area contributed by atoms with Crippen molar-refractivity contribution in [3.63, 3.8) is 0 Å². The maximum atomic E-state index is 5.96. The number of rotatable bonds is 3. The average molecular weight is 395 g/mol. The zero-order chi connectivity index (χ0) is 17.9. The number of ether oxygens (including phenoxy) is 2. The minimum atomic E-state index is 0.174. The maximum absolute atomic E-state index is 5.96. The van der Waals surface area contributed by atoms with Crippen LogP contribution in [0.5, 0.6) is 11.5 Å². The summed E-state index contributed by atoms with van der Waals surface area (Å²) >= 11 is 3.95. The number of hydrogen-bond acceptors (Lipinski definition) is 2. The summed E-state index contributed by atoms with van der Waals surface area (Å²) in [4.78, 5) is 0. The molecule has 1 aromatic rings. The normalized spacial score (nSPS) is 27.8. The van der Waals surface area contributed by atoms with Gasteiger partial charge < -0.3 is 9.47 Å². The molecule has 0 saturated heterocycles. The van der Waals surface area contributed by atoms with Gasteiger partial charge in [-0.1, -0.05) is 57.0 Å². The van der Waals surface area contributed by atoms with Crippen molar-refractivity contribution >= 4 is 15.9 Å². The molecule has 3 heteroatoms. The average Bonchev–Trinajstić information content (AvgIpc) is 2.82. The second-order valence-electron chi connectivity index (χ2n) is 8.82. The Bertz CT molecular complexity index is 663. The van der Waals surface area contributed by atoms with Crippen LogP contribution in [0.15, 0.2) is 4.47 Å². The third kappa shape index (κ3) is 2.34. The van der Waals surface area contributed by atoms with Crippen molar-refractivity contribution in [1.82, 2.24) is 0 Å². The molecule has 134 valence electrons. The SMILES string of the molecule is COc1c(OC)c2c(c(Br)c1C(C)C)CC1C(C)(C)CCCC21C. The molecule has 2 aliphatic rings. The third-order valence-corrected chi connectivity index (χ3v) is 7.58. The summed E-state index contributed by atoms with van der Waals surface area (Å²) in [7, 11) is 3.56. The molecule has 0 bridgehead atoms. The van der Waals surface area contributed by atoms with Crippen molar-refractivity contribution < 1.29 is 9.47 Å². The number of methoxy groups -OCH3 is 2. The van der Waals surface area contributed by atoms with E-state index in [1.165, 1.54) is 40.4 Å². The molecule has 0 heterocycles.